The lowest BCUT2D eigenvalue weighted by atomic mass is 10.1. The Bertz CT molecular complexity index is 1230. The molecule has 2 heterocycles. The topological polar surface area (TPSA) is 77.2 Å². The van der Waals surface area contributed by atoms with Crippen LogP contribution in [0, 0.1) is 5.82 Å². The summed E-state index contributed by atoms with van der Waals surface area (Å²) in [5.74, 6) is -0.740. The molecule has 0 atom stereocenters. The van der Waals surface area contributed by atoms with Crippen LogP contribution < -0.4 is 4.74 Å². The van der Waals surface area contributed by atoms with Gasteiger partial charge in [-0.15, -0.1) is 0 Å². The largest absolute Gasteiger partial charge is 0.494 e. The normalized spacial score (nSPS) is 11.0. The zero-order valence-corrected chi connectivity index (χ0v) is 16.6. The van der Waals surface area contributed by atoms with Crippen molar-refractivity contribution in [2.45, 2.75) is 19.8 Å². The standard InChI is InChI=1S/C23H20FN3O3/c1-3-19-17-10-11-27(16-7-4-14(5-8-16)12-21(28)29)23(17)26-22(25-19)15-6-9-20(30-2)18(24)13-15/h4-11,13H,3,12H2,1-2H3,(H,28,29). The minimum absolute atomic E-state index is 0.0258. The Labute approximate surface area is 172 Å². The Morgan fingerprint density at radius 1 is 1.13 bits per heavy atom. The fourth-order valence-corrected chi connectivity index (χ4v) is 3.44. The van der Waals surface area contributed by atoms with Crippen LogP contribution in [0.5, 0.6) is 5.75 Å². The smallest absolute Gasteiger partial charge is 0.307 e. The van der Waals surface area contributed by atoms with Crippen molar-refractivity contribution in [3.8, 4) is 22.8 Å². The lowest BCUT2D eigenvalue weighted by molar-refractivity contribution is -0.136. The van der Waals surface area contributed by atoms with Gasteiger partial charge in [0, 0.05) is 22.8 Å². The Kier molecular flexibility index (Phi) is 5.18. The van der Waals surface area contributed by atoms with Crippen molar-refractivity contribution >= 4 is 17.0 Å². The van der Waals surface area contributed by atoms with Gasteiger partial charge in [-0.2, -0.15) is 0 Å². The van der Waals surface area contributed by atoms with E-state index in [1.165, 1.54) is 13.2 Å². The van der Waals surface area contributed by atoms with Crippen molar-refractivity contribution < 1.29 is 19.0 Å². The summed E-state index contributed by atoms with van der Waals surface area (Å²) in [7, 11) is 1.42. The second kappa shape index (κ2) is 7.94. The molecule has 152 valence electrons. The fourth-order valence-electron chi connectivity index (χ4n) is 3.44. The Balaban J connectivity index is 1.82. The number of benzene rings is 2. The SMILES string of the molecule is CCc1nc(-c2ccc(OC)c(F)c2)nc2c1ccn2-c1ccc(CC(=O)O)cc1. The van der Waals surface area contributed by atoms with E-state index >= 15 is 0 Å². The number of carboxylic acids is 1. The summed E-state index contributed by atoms with van der Waals surface area (Å²) < 4.78 is 21.1. The van der Waals surface area contributed by atoms with Crippen molar-refractivity contribution in [3.05, 3.63) is 71.8 Å². The van der Waals surface area contributed by atoms with Gasteiger partial charge in [-0.1, -0.05) is 19.1 Å². The lowest BCUT2D eigenvalue weighted by Gasteiger charge is -2.10. The molecular formula is C23H20FN3O3. The number of ether oxygens (including phenoxy) is 1. The van der Waals surface area contributed by atoms with E-state index in [0.717, 1.165) is 22.3 Å². The summed E-state index contributed by atoms with van der Waals surface area (Å²) in [6.07, 6.45) is 2.58. The van der Waals surface area contributed by atoms with E-state index in [4.69, 9.17) is 14.8 Å². The molecule has 0 spiro atoms. The van der Waals surface area contributed by atoms with Gasteiger partial charge in [0.15, 0.2) is 17.4 Å². The number of aliphatic carboxylic acids is 1. The van der Waals surface area contributed by atoms with Crippen molar-refractivity contribution in [1.82, 2.24) is 14.5 Å². The van der Waals surface area contributed by atoms with E-state index < -0.39 is 11.8 Å². The van der Waals surface area contributed by atoms with E-state index in [9.17, 15) is 9.18 Å². The monoisotopic (exact) mass is 405 g/mol. The second-order valence-corrected chi connectivity index (χ2v) is 6.86. The maximum absolute atomic E-state index is 14.2. The molecule has 30 heavy (non-hydrogen) atoms. The molecule has 0 fully saturated rings. The third-order valence-corrected chi connectivity index (χ3v) is 4.94. The number of methoxy groups -OCH3 is 1. The fraction of sp³-hybridized carbons (Fsp3) is 0.174. The number of hydrogen-bond acceptors (Lipinski definition) is 4. The van der Waals surface area contributed by atoms with Gasteiger partial charge in [0.25, 0.3) is 0 Å². The van der Waals surface area contributed by atoms with Gasteiger partial charge in [-0.3, -0.25) is 4.79 Å². The predicted molar refractivity (Wildman–Crippen MR) is 112 cm³/mol. The number of aryl methyl sites for hydroxylation is 1. The number of carboxylic acid groups (broad SMARTS) is 1. The lowest BCUT2D eigenvalue weighted by Crippen LogP contribution is -2.02. The first-order chi connectivity index (χ1) is 14.5. The summed E-state index contributed by atoms with van der Waals surface area (Å²) >= 11 is 0. The minimum atomic E-state index is -0.870. The van der Waals surface area contributed by atoms with Gasteiger partial charge in [0.05, 0.1) is 19.2 Å². The molecule has 7 heteroatoms. The molecule has 4 aromatic rings. The molecule has 0 unspecified atom stereocenters. The molecular weight excluding hydrogens is 385 g/mol. The van der Waals surface area contributed by atoms with Crippen LogP contribution in [0.1, 0.15) is 18.2 Å². The van der Waals surface area contributed by atoms with Gasteiger partial charge in [0.1, 0.15) is 5.65 Å². The molecule has 6 nitrogen and oxygen atoms in total. The number of nitrogens with zero attached hydrogens (tertiary/aromatic N) is 3. The Morgan fingerprint density at radius 2 is 1.90 bits per heavy atom. The highest BCUT2D eigenvalue weighted by Crippen LogP contribution is 2.28. The van der Waals surface area contributed by atoms with Crippen LogP contribution in [0.4, 0.5) is 4.39 Å². The Hall–Kier alpha value is -3.74. The van der Waals surface area contributed by atoms with Gasteiger partial charge in [0.2, 0.25) is 0 Å². The molecule has 0 saturated carbocycles. The van der Waals surface area contributed by atoms with E-state index in [0.29, 0.717) is 23.5 Å². The maximum atomic E-state index is 14.2. The molecule has 0 aliphatic carbocycles. The van der Waals surface area contributed by atoms with Crippen LogP contribution in [0.3, 0.4) is 0 Å². The summed E-state index contributed by atoms with van der Waals surface area (Å²) in [5, 5.41) is 9.87. The van der Waals surface area contributed by atoms with Gasteiger partial charge < -0.3 is 14.4 Å². The molecule has 1 N–H and O–H groups in total. The highest BCUT2D eigenvalue weighted by Gasteiger charge is 2.15. The quantitative estimate of drug-likeness (QED) is 0.514. The third-order valence-electron chi connectivity index (χ3n) is 4.94. The highest BCUT2D eigenvalue weighted by molar-refractivity contribution is 5.82. The average Bonchev–Trinajstić information content (AvgIpc) is 3.17. The molecule has 0 saturated heterocycles. The van der Waals surface area contributed by atoms with Gasteiger partial charge in [-0.05, 0) is 48.4 Å². The first kappa shape index (κ1) is 19.6. The molecule has 0 aliphatic rings. The van der Waals surface area contributed by atoms with Crippen LogP contribution in [0.2, 0.25) is 0 Å². The summed E-state index contributed by atoms with van der Waals surface area (Å²) in [6.45, 7) is 2.01. The van der Waals surface area contributed by atoms with Crippen LogP contribution in [-0.2, 0) is 17.6 Å². The van der Waals surface area contributed by atoms with Gasteiger partial charge >= 0.3 is 5.97 Å². The van der Waals surface area contributed by atoms with Crippen LogP contribution >= 0.6 is 0 Å². The van der Waals surface area contributed by atoms with E-state index in [-0.39, 0.29) is 12.2 Å². The van der Waals surface area contributed by atoms with Crippen LogP contribution in [0.25, 0.3) is 28.1 Å². The molecule has 0 amide bonds. The molecule has 0 radical (unpaired) electrons. The zero-order valence-electron chi connectivity index (χ0n) is 16.6. The first-order valence-corrected chi connectivity index (χ1v) is 9.53. The predicted octanol–water partition coefficient (Wildman–Crippen LogP) is 4.42. The van der Waals surface area contributed by atoms with Crippen molar-refractivity contribution in [2.24, 2.45) is 0 Å². The van der Waals surface area contributed by atoms with Crippen molar-refractivity contribution in [3.63, 3.8) is 0 Å². The highest BCUT2D eigenvalue weighted by atomic mass is 19.1. The molecule has 4 rings (SSSR count). The number of halogens is 1. The average molecular weight is 405 g/mol. The molecule has 0 bridgehead atoms. The Morgan fingerprint density at radius 3 is 2.53 bits per heavy atom. The molecule has 0 aliphatic heterocycles. The second-order valence-electron chi connectivity index (χ2n) is 6.86. The van der Waals surface area contributed by atoms with Crippen LogP contribution in [-0.4, -0.2) is 32.7 Å². The summed E-state index contributed by atoms with van der Waals surface area (Å²) in [5.41, 5.74) is 3.72. The minimum Gasteiger partial charge on any atom is -0.494 e. The van der Waals surface area contributed by atoms with E-state index in [1.807, 2.05) is 35.9 Å². The van der Waals surface area contributed by atoms with Crippen molar-refractivity contribution in [2.75, 3.05) is 7.11 Å². The first-order valence-electron chi connectivity index (χ1n) is 9.53. The van der Waals surface area contributed by atoms with Crippen molar-refractivity contribution in [1.29, 1.82) is 0 Å². The number of aromatic nitrogens is 3. The van der Waals surface area contributed by atoms with E-state index in [2.05, 4.69) is 4.98 Å². The zero-order chi connectivity index (χ0) is 21.3. The van der Waals surface area contributed by atoms with E-state index in [1.54, 1.807) is 24.3 Å². The number of hydrogen-bond donors (Lipinski definition) is 1. The summed E-state index contributed by atoms with van der Waals surface area (Å²) in [6, 6.07) is 13.9. The third kappa shape index (κ3) is 3.61. The molecule has 2 aromatic carbocycles. The maximum Gasteiger partial charge on any atom is 0.307 e. The molecule has 2 aromatic heterocycles. The van der Waals surface area contributed by atoms with Gasteiger partial charge in [-0.25, -0.2) is 14.4 Å². The number of rotatable bonds is 6. The summed E-state index contributed by atoms with van der Waals surface area (Å²) in [4.78, 5) is 20.3. The van der Waals surface area contributed by atoms with Crippen LogP contribution in [0.15, 0.2) is 54.7 Å². The number of fused-ring (bicyclic) bond motifs is 1. The number of carbonyl (C=O) groups is 1.